The van der Waals surface area contributed by atoms with E-state index in [0.29, 0.717) is 0 Å². The van der Waals surface area contributed by atoms with E-state index in [9.17, 15) is 0 Å². The molecule has 0 bridgehead atoms. The van der Waals surface area contributed by atoms with Crippen LogP contribution in [0, 0.1) is 0 Å². The molecule has 1 aromatic carbocycles. The first-order chi connectivity index (χ1) is 9.59. The van der Waals surface area contributed by atoms with E-state index in [2.05, 4.69) is 72.0 Å². The van der Waals surface area contributed by atoms with E-state index in [4.69, 9.17) is 4.74 Å². The Kier molecular flexibility index (Phi) is 5.86. The van der Waals surface area contributed by atoms with Crippen LogP contribution in [0.4, 0.5) is 0 Å². The van der Waals surface area contributed by atoms with Gasteiger partial charge in [0.05, 0.1) is 0 Å². The lowest BCUT2D eigenvalue weighted by molar-refractivity contribution is 0.192. The van der Waals surface area contributed by atoms with E-state index in [0.717, 1.165) is 18.7 Å². The predicted molar refractivity (Wildman–Crippen MR) is 92.5 cm³/mol. The minimum Gasteiger partial charge on any atom is -0.489 e. The maximum Gasteiger partial charge on any atom is 0.123 e. The number of likely N-dealkylation sites (N-methyl/N-ethyl adjacent to an activating group) is 1. The Labute approximate surface area is 131 Å². The molecule has 0 saturated heterocycles. The molecule has 0 aliphatic rings. The van der Waals surface area contributed by atoms with Crippen LogP contribution in [0.1, 0.15) is 66.0 Å². The third kappa shape index (κ3) is 5.03. The van der Waals surface area contributed by atoms with E-state index >= 15 is 0 Å². The fraction of sp³-hybridized carbons (Fsp3) is 0.684. The maximum atomic E-state index is 6.27. The van der Waals surface area contributed by atoms with Gasteiger partial charge in [-0.3, -0.25) is 0 Å². The second-order valence-electron chi connectivity index (χ2n) is 7.92. The SMILES string of the molecule is CCC(CNC)Oc1ccc(C(C)(C)C)cc1C(C)(C)C. The average molecular weight is 291 g/mol. The highest BCUT2D eigenvalue weighted by Gasteiger charge is 2.24. The van der Waals surface area contributed by atoms with Gasteiger partial charge in [0, 0.05) is 6.54 Å². The highest BCUT2D eigenvalue weighted by Crippen LogP contribution is 2.36. The Bertz CT molecular complexity index is 452. The van der Waals surface area contributed by atoms with Gasteiger partial charge in [0.2, 0.25) is 0 Å². The first-order valence-corrected chi connectivity index (χ1v) is 8.06. The van der Waals surface area contributed by atoms with Crippen LogP contribution in [-0.2, 0) is 10.8 Å². The number of hydrogen-bond donors (Lipinski definition) is 1. The van der Waals surface area contributed by atoms with Gasteiger partial charge in [0.15, 0.2) is 0 Å². The molecule has 0 heterocycles. The second kappa shape index (κ2) is 6.83. The number of ether oxygens (including phenoxy) is 1. The number of hydrogen-bond acceptors (Lipinski definition) is 2. The minimum absolute atomic E-state index is 0.0779. The zero-order valence-corrected chi connectivity index (χ0v) is 15.1. The van der Waals surface area contributed by atoms with E-state index in [1.165, 1.54) is 11.1 Å². The Morgan fingerprint density at radius 1 is 1.05 bits per heavy atom. The molecule has 2 heteroatoms. The van der Waals surface area contributed by atoms with Crippen molar-refractivity contribution in [3.05, 3.63) is 29.3 Å². The van der Waals surface area contributed by atoms with Crippen molar-refractivity contribution in [3.8, 4) is 5.75 Å². The quantitative estimate of drug-likeness (QED) is 0.852. The summed E-state index contributed by atoms with van der Waals surface area (Å²) < 4.78 is 6.27. The maximum absolute atomic E-state index is 6.27. The fourth-order valence-corrected chi connectivity index (χ4v) is 2.36. The van der Waals surface area contributed by atoms with Crippen molar-refractivity contribution in [2.75, 3.05) is 13.6 Å². The molecule has 0 fully saturated rings. The standard InChI is InChI=1S/C19H33NO/c1-9-15(13-20-8)21-17-11-10-14(18(2,3)4)12-16(17)19(5,6)7/h10-12,15,20H,9,13H2,1-8H3. The molecule has 0 aromatic heterocycles. The molecule has 120 valence electrons. The molecule has 0 aliphatic carbocycles. The third-order valence-corrected chi connectivity index (χ3v) is 3.83. The van der Waals surface area contributed by atoms with Gasteiger partial charge in [0.25, 0.3) is 0 Å². The van der Waals surface area contributed by atoms with Gasteiger partial charge in [-0.2, -0.15) is 0 Å². The Hall–Kier alpha value is -1.02. The monoisotopic (exact) mass is 291 g/mol. The highest BCUT2D eigenvalue weighted by molar-refractivity contribution is 5.43. The van der Waals surface area contributed by atoms with Crippen molar-refractivity contribution in [1.82, 2.24) is 5.32 Å². The molecule has 1 unspecified atom stereocenters. The summed E-state index contributed by atoms with van der Waals surface area (Å²) in [5.74, 6) is 1.03. The summed E-state index contributed by atoms with van der Waals surface area (Å²) in [6, 6.07) is 6.68. The van der Waals surface area contributed by atoms with Crippen molar-refractivity contribution in [1.29, 1.82) is 0 Å². The van der Waals surface area contributed by atoms with Gasteiger partial charge in [0.1, 0.15) is 11.9 Å². The zero-order chi connectivity index (χ0) is 16.3. The summed E-state index contributed by atoms with van der Waals surface area (Å²) in [6.07, 6.45) is 1.22. The van der Waals surface area contributed by atoms with Crippen LogP contribution in [0.15, 0.2) is 18.2 Å². The summed E-state index contributed by atoms with van der Waals surface area (Å²) in [4.78, 5) is 0. The van der Waals surface area contributed by atoms with Gasteiger partial charge in [-0.05, 0) is 41.5 Å². The summed E-state index contributed by atoms with van der Waals surface area (Å²) in [5, 5.41) is 3.21. The van der Waals surface area contributed by atoms with E-state index in [1.807, 2.05) is 7.05 Å². The van der Waals surface area contributed by atoms with E-state index in [1.54, 1.807) is 0 Å². The van der Waals surface area contributed by atoms with E-state index in [-0.39, 0.29) is 16.9 Å². The van der Waals surface area contributed by atoms with Crippen LogP contribution >= 0.6 is 0 Å². The molecule has 2 nitrogen and oxygen atoms in total. The van der Waals surface area contributed by atoms with Crippen LogP contribution in [0.25, 0.3) is 0 Å². The number of benzene rings is 1. The second-order valence-corrected chi connectivity index (χ2v) is 7.92. The van der Waals surface area contributed by atoms with Gasteiger partial charge < -0.3 is 10.1 Å². The molecule has 0 spiro atoms. The molecule has 0 amide bonds. The summed E-state index contributed by atoms with van der Waals surface area (Å²) in [7, 11) is 1.97. The first kappa shape index (κ1) is 18.0. The van der Waals surface area contributed by atoms with E-state index < -0.39 is 0 Å². The molecule has 0 radical (unpaired) electrons. The summed E-state index contributed by atoms with van der Waals surface area (Å²) in [6.45, 7) is 16.6. The molecule has 1 rings (SSSR count). The molecule has 0 saturated carbocycles. The lowest BCUT2D eigenvalue weighted by atomic mass is 9.80. The molecule has 1 aromatic rings. The van der Waals surface area contributed by atoms with Crippen molar-refractivity contribution in [2.45, 2.75) is 71.8 Å². The number of nitrogens with one attached hydrogen (secondary N) is 1. The van der Waals surface area contributed by atoms with Crippen LogP contribution in [0.2, 0.25) is 0 Å². The topological polar surface area (TPSA) is 21.3 Å². The Morgan fingerprint density at radius 2 is 1.67 bits per heavy atom. The molecule has 21 heavy (non-hydrogen) atoms. The normalized spacial score (nSPS) is 14.1. The van der Waals surface area contributed by atoms with Gasteiger partial charge in [-0.25, -0.2) is 0 Å². The van der Waals surface area contributed by atoms with Gasteiger partial charge >= 0.3 is 0 Å². The minimum atomic E-state index is 0.0779. The zero-order valence-electron chi connectivity index (χ0n) is 15.1. The lowest BCUT2D eigenvalue weighted by Crippen LogP contribution is -2.29. The Balaban J connectivity index is 3.20. The first-order valence-electron chi connectivity index (χ1n) is 8.06. The third-order valence-electron chi connectivity index (χ3n) is 3.83. The van der Waals surface area contributed by atoms with Crippen LogP contribution in [0.5, 0.6) is 5.75 Å². The van der Waals surface area contributed by atoms with Gasteiger partial charge in [-0.1, -0.05) is 60.6 Å². The van der Waals surface area contributed by atoms with Crippen molar-refractivity contribution in [3.63, 3.8) is 0 Å². The molecule has 1 atom stereocenters. The van der Waals surface area contributed by atoms with Crippen molar-refractivity contribution < 1.29 is 4.74 Å². The number of rotatable bonds is 5. The van der Waals surface area contributed by atoms with Gasteiger partial charge in [-0.15, -0.1) is 0 Å². The molecule has 1 N–H and O–H groups in total. The summed E-state index contributed by atoms with van der Waals surface area (Å²) >= 11 is 0. The Morgan fingerprint density at radius 3 is 2.10 bits per heavy atom. The van der Waals surface area contributed by atoms with Crippen molar-refractivity contribution >= 4 is 0 Å². The lowest BCUT2D eigenvalue weighted by Gasteiger charge is -2.29. The largest absolute Gasteiger partial charge is 0.489 e. The summed E-state index contributed by atoms with van der Waals surface area (Å²) in [5.41, 5.74) is 2.90. The highest BCUT2D eigenvalue weighted by atomic mass is 16.5. The van der Waals surface area contributed by atoms with Crippen molar-refractivity contribution in [2.24, 2.45) is 0 Å². The molecular formula is C19H33NO. The van der Waals surface area contributed by atoms with Crippen LogP contribution in [0.3, 0.4) is 0 Å². The van der Waals surface area contributed by atoms with Crippen LogP contribution in [-0.4, -0.2) is 19.7 Å². The molecule has 0 aliphatic heterocycles. The molecular weight excluding hydrogens is 258 g/mol. The fourth-order valence-electron chi connectivity index (χ4n) is 2.36. The predicted octanol–water partition coefficient (Wildman–Crippen LogP) is 4.66. The smallest absolute Gasteiger partial charge is 0.123 e. The van der Waals surface area contributed by atoms with Crippen LogP contribution < -0.4 is 10.1 Å². The average Bonchev–Trinajstić information content (AvgIpc) is 2.36.